The van der Waals surface area contributed by atoms with E-state index in [0.29, 0.717) is 36.2 Å². The molecule has 2 aromatic rings. The Morgan fingerprint density at radius 3 is 2.56 bits per heavy atom. The molecule has 0 aliphatic carbocycles. The van der Waals surface area contributed by atoms with E-state index in [4.69, 9.17) is 9.26 Å². The molecule has 2 saturated heterocycles. The van der Waals surface area contributed by atoms with Crippen molar-refractivity contribution >= 4 is 11.8 Å². The Morgan fingerprint density at radius 2 is 1.88 bits per heavy atom. The molecule has 2 aromatic heterocycles. The second-order valence-electron chi connectivity index (χ2n) is 7.21. The van der Waals surface area contributed by atoms with Crippen LogP contribution in [0.25, 0.3) is 0 Å². The van der Waals surface area contributed by atoms with Crippen molar-refractivity contribution in [3.8, 4) is 0 Å². The molecule has 0 aromatic carbocycles. The van der Waals surface area contributed by atoms with Gasteiger partial charge in [-0.25, -0.2) is 9.97 Å². The van der Waals surface area contributed by atoms with Gasteiger partial charge in [0.1, 0.15) is 18.8 Å². The lowest BCUT2D eigenvalue weighted by atomic mass is 10.0. The number of nitrogens with zero attached hydrogens (tertiary/aromatic N) is 6. The Balaban J connectivity index is 1.41. The van der Waals surface area contributed by atoms with E-state index < -0.39 is 0 Å². The van der Waals surface area contributed by atoms with Crippen LogP contribution in [0.15, 0.2) is 16.9 Å². The molecule has 4 rings (SSSR count). The first kappa shape index (κ1) is 16.3. The van der Waals surface area contributed by atoms with Gasteiger partial charge in [-0.15, -0.1) is 0 Å². The van der Waals surface area contributed by atoms with E-state index in [9.17, 15) is 0 Å². The maximum absolute atomic E-state index is 5.37. The van der Waals surface area contributed by atoms with Gasteiger partial charge in [0.25, 0.3) is 0 Å². The molecule has 8 nitrogen and oxygen atoms in total. The maximum Gasteiger partial charge on any atom is 0.324 e. The minimum Gasteiger partial charge on any atom is -0.377 e. The van der Waals surface area contributed by atoms with Gasteiger partial charge in [0.05, 0.1) is 0 Å². The molecule has 25 heavy (non-hydrogen) atoms. The lowest BCUT2D eigenvalue weighted by Gasteiger charge is -2.21. The molecular formula is C17H24N6O2. The zero-order valence-electron chi connectivity index (χ0n) is 14.9. The van der Waals surface area contributed by atoms with E-state index in [-0.39, 0.29) is 0 Å². The second-order valence-corrected chi connectivity index (χ2v) is 7.21. The van der Waals surface area contributed by atoms with Crippen molar-refractivity contribution in [3.63, 3.8) is 0 Å². The SMILES string of the molecule is COCc1noc(N2CC3CN(c4cc(C(C)C)ncn4)CC3C2)n1. The molecule has 0 amide bonds. The number of hydrogen-bond donors (Lipinski definition) is 0. The number of anilines is 2. The Bertz CT molecular complexity index is 719. The highest BCUT2D eigenvalue weighted by Crippen LogP contribution is 2.35. The Labute approximate surface area is 147 Å². The fourth-order valence-electron chi connectivity index (χ4n) is 3.75. The van der Waals surface area contributed by atoms with Gasteiger partial charge >= 0.3 is 6.01 Å². The first-order valence-corrected chi connectivity index (χ1v) is 8.77. The first-order chi connectivity index (χ1) is 12.1. The van der Waals surface area contributed by atoms with E-state index in [2.05, 4.69) is 49.8 Å². The molecule has 2 atom stereocenters. The fourth-order valence-corrected chi connectivity index (χ4v) is 3.75. The third-order valence-corrected chi connectivity index (χ3v) is 5.08. The van der Waals surface area contributed by atoms with Gasteiger partial charge in [-0.2, -0.15) is 4.98 Å². The van der Waals surface area contributed by atoms with Crippen LogP contribution in [0.1, 0.15) is 31.3 Å². The Morgan fingerprint density at radius 1 is 1.16 bits per heavy atom. The molecule has 0 N–H and O–H groups in total. The van der Waals surface area contributed by atoms with Crippen molar-refractivity contribution in [1.82, 2.24) is 20.1 Å². The summed E-state index contributed by atoms with van der Waals surface area (Å²) < 4.78 is 10.4. The van der Waals surface area contributed by atoms with Crippen LogP contribution in [0, 0.1) is 11.8 Å². The summed E-state index contributed by atoms with van der Waals surface area (Å²) in [6.07, 6.45) is 1.68. The predicted molar refractivity (Wildman–Crippen MR) is 92.5 cm³/mol. The largest absolute Gasteiger partial charge is 0.377 e. The van der Waals surface area contributed by atoms with E-state index in [0.717, 1.165) is 37.7 Å². The van der Waals surface area contributed by atoms with E-state index in [1.165, 1.54) is 0 Å². The summed E-state index contributed by atoms with van der Waals surface area (Å²) >= 11 is 0. The Hall–Kier alpha value is -2.22. The zero-order chi connectivity index (χ0) is 17.4. The van der Waals surface area contributed by atoms with Crippen LogP contribution in [-0.4, -0.2) is 53.4 Å². The standard InChI is InChI=1S/C17H24N6O2/c1-11(2)14-4-16(19-10-18-14)22-5-12-7-23(8-13(12)6-22)17-20-15(9-24-3)21-25-17/h4,10-13H,5-9H2,1-3H3. The van der Waals surface area contributed by atoms with Crippen molar-refractivity contribution in [1.29, 1.82) is 0 Å². The van der Waals surface area contributed by atoms with Crippen LogP contribution >= 0.6 is 0 Å². The number of aromatic nitrogens is 4. The average molecular weight is 344 g/mol. The van der Waals surface area contributed by atoms with Gasteiger partial charge in [0.15, 0.2) is 5.82 Å². The molecule has 2 aliphatic rings. The maximum atomic E-state index is 5.37. The zero-order valence-corrected chi connectivity index (χ0v) is 14.9. The molecule has 2 unspecified atom stereocenters. The quantitative estimate of drug-likeness (QED) is 0.811. The monoisotopic (exact) mass is 344 g/mol. The van der Waals surface area contributed by atoms with E-state index in [1.807, 2.05) is 0 Å². The van der Waals surface area contributed by atoms with Gasteiger partial charge in [-0.1, -0.05) is 19.0 Å². The number of ether oxygens (including phenoxy) is 1. The minimum atomic E-state index is 0.379. The van der Waals surface area contributed by atoms with Crippen LogP contribution in [0.5, 0.6) is 0 Å². The third kappa shape index (κ3) is 3.18. The van der Waals surface area contributed by atoms with Crippen molar-refractivity contribution in [2.45, 2.75) is 26.4 Å². The van der Waals surface area contributed by atoms with E-state index >= 15 is 0 Å². The first-order valence-electron chi connectivity index (χ1n) is 8.77. The van der Waals surface area contributed by atoms with Crippen LogP contribution in [0.2, 0.25) is 0 Å². The van der Waals surface area contributed by atoms with Gasteiger partial charge in [-0.05, 0) is 5.92 Å². The lowest BCUT2D eigenvalue weighted by Crippen LogP contribution is -2.29. The van der Waals surface area contributed by atoms with Gasteiger partial charge in [-0.3, -0.25) is 0 Å². The van der Waals surface area contributed by atoms with Crippen molar-refractivity contribution < 1.29 is 9.26 Å². The summed E-state index contributed by atoms with van der Waals surface area (Å²) in [7, 11) is 1.63. The van der Waals surface area contributed by atoms with Crippen LogP contribution in [0.3, 0.4) is 0 Å². The predicted octanol–water partition coefficient (Wildman–Crippen LogP) is 1.70. The molecule has 0 saturated carbocycles. The summed E-state index contributed by atoms with van der Waals surface area (Å²) in [5, 5.41) is 3.95. The van der Waals surface area contributed by atoms with Gasteiger partial charge < -0.3 is 19.1 Å². The van der Waals surface area contributed by atoms with Crippen molar-refractivity contribution in [2.24, 2.45) is 11.8 Å². The molecule has 0 bridgehead atoms. The average Bonchev–Trinajstić information content (AvgIpc) is 3.29. The second kappa shape index (κ2) is 6.59. The van der Waals surface area contributed by atoms with Crippen LogP contribution in [0.4, 0.5) is 11.8 Å². The summed E-state index contributed by atoms with van der Waals surface area (Å²) in [5.74, 6) is 3.24. The number of methoxy groups -OCH3 is 1. The number of fused-ring (bicyclic) bond motifs is 1. The fraction of sp³-hybridized carbons (Fsp3) is 0.647. The number of rotatable bonds is 5. The third-order valence-electron chi connectivity index (χ3n) is 5.08. The summed E-state index contributed by atoms with van der Waals surface area (Å²) in [6, 6.07) is 2.73. The number of hydrogen-bond acceptors (Lipinski definition) is 8. The highest BCUT2D eigenvalue weighted by molar-refractivity contribution is 5.43. The Kier molecular flexibility index (Phi) is 4.29. The highest BCUT2D eigenvalue weighted by Gasteiger charge is 2.42. The van der Waals surface area contributed by atoms with Crippen LogP contribution < -0.4 is 9.80 Å². The molecule has 8 heteroatoms. The lowest BCUT2D eigenvalue weighted by molar-refractivity contribution is 0.174. The van der Waals surface area contributed by atoms with Gasteiger partial charge in [0, 0.05) is 56.9 Å². The van der Waals surface area contributed by atoms with E-state index in [1.54, 1.807) is 13.4 Å². The normalized spacial score (nSPS) is 22.9. The topological polar surface area (TPSA) is 80.4 Å². The minimum absolute atomic E-state index is 0.379. The van der Waals surface area contributed by atoms with Crippen molar-refractivity contribution in [3.05, 3.63) is 23.9 Å². The molecular weight excluding hydrogens is 320 g/mol. The molecule has 134 valence electrons. The highest BCUT2D eigenvalue weighted by atomic mass is 16.5. The molecule has 4 heterocycles. The van der Waals surface area contributed by atoms with Crippen LogP contribution in [-0.2, 0) is 11.3 Å². The molecule has 0 spiro atoms. The van der Waals surface area contributed by atoms with Crippen molar-refractivity contribution in [2.75, 3.05) is 43.1 Å². The molecule has 2 aliphatic heterocycles. The van der Waals surface area contributed by atoms with Gasteiger partial charge in [0.2, 0.25) is 0 Å². The summed E-state index contributed by atoms with van der Waals surface area (Å²) in [5.41, 5.74) is 1.10. The summed E-state index contributed by atoms with van der Waals surface area (Å²) in [6.45, 7) is 8.60. The summed E-state index contributed by atoms with van der Waals surface area (Å²) in [4.78, 5) is 17.8. The molecule has 2 fully saturated rings. The molecule has 0 radical (unpaired) electrons. The smallest absolute Gasteiger partial charge is 0.324 e.